The van der Waals surface area contributed by atoms with Gasteiger partial charge >= 0.3 is 0 Å². The largest absolute Gasteiger partial charge is 0.393 e. The van der Waals surface area contributed by atoms with Crippen LogP contribution in [0.5, 0.6) is 0 Å². The molecule has 3 nitrogen and oxygen atoms in total. The summed E-state index contributed by atoms with van der Waals surface area (Å²) in [5.74, 6) is 1.91. The molecule has 0 aliphatic heterocycles. The SMILES string of the molecule is C=C1/C(=C\C=C2/CCC[C@]3(C)[C@@H]2CC[C@H]3[C@@H](C)/C=C/[C@@H](C)C(C)(C)O)C[C@H](O)C[C@H]1O. The Morgan fingerprint density at radius 1 is 1.13 bits per heavy atom. The van der Waals surface area contributed by atoms with Gasteiger partial charge in [0.05, 0.1) is 17.8 Å². The third kappa shape index (κ3) is 5.26. The summed E-state index contributed by atoms with van der Waals surface area (Å²) in [6.07, 6.45) is 15.0. The van der Waals surface area contributed by atoms with Gasteiger partial charge in [0.15, 0.2) is 0 Å². The van der Waals surface area contributed by atoms with Crippen molar-refractivity contribution in [2.75, 3.05) is 0 Å². The molecule has 3 aliphatic carbocycles. The number of rotatable bonds is 5. The summed E-state index contributed by atoms with van der Waals surface area (Å²) in [6, 6.07) is 0. The van der Waals surface area contributed by atoms with Crippen LogP contribution in [0.1, 0.15) is 79.6 Å². The van der Waals surface area contributed by atoms with Crippen molar-refractivity contribution in [2.24, 2.45) is 29.1 Å². The summed E-state index contributed by atoms with van der Waals surface area (Å²) >= 11 is 0. The third-order valence-corrected chi connectivity index (χ3v) is 8.75. The molecular weight excluding hydrogens is 384 g/mol. The average Bonchev–Trinajstić information content (AvgIpc) is 3.04. The topological polar surface area (TPSA) is 60.7 Å². The maximum absolute atomic E-state index is 10.3. The van der Waals surface area contributed by atoms with E-state index in [1.165, 1.54) is 31.3 Å². The smallest absolute Gasteiger partial charge is 0.0811 e. The molecule has 3 fully saturated rings. The second-order valence-electron chi connectivity index (χ2n) is 11.4. The molecule has 0 amide bonds. The van der Waals surface area contributed by atoms with Crippen LogP contribution in [0.25, 0.3) is 0 Å². The molecule has 3 aliphatic rings. The van der Waals surface area contributed by atoms with Crippen molar-refractivity contribution >= 4 is 0 Å². The zero-order chi connectivity index (χ0) is 23.0. The molecule has 0 unspecified atom stereocenters. The monoisotopic (exact) mass is 428 g/mol. The molecule has 0 bridgehead atoms. The Labute approximate surface area is 189 Å². The van der Waals surface area contributed by atoms with Gasteiger partial charge in [0, 0.05) is 12.3 Å². The highest BCUT2D eigenvalue weighted by Gasteiger charge is 2.50. The van der Waals surface area contributed by atoms with Gasteiger partial charge in [0.1, 0.15) is 0 Å². The molecule has 0 radical (unpaired) electrons. The van der Waals surface area contributed by atoms with Gasteiger partial charge in [0.25, 0.3) is 0 Å². The van der Waals surface area contributed by atoms with E-state index < -0.39 is 17.8 Å². The Hall–Kier alpha value is -1.16. The number of hydrogen-bond acceptors (Lipinski definition) is 3. The summed E-state index contributed by atoms with van der Waals surface area (Å²) in [5, 5.41) is 30.4. The van der Waals surface area contributed by atoms with Crippen molar-refractivity contribution in [1.29, 1.82) is 0 Å². The molecule has 3 saturated carbocycles. The van der Waals surface area contributed by atoms with E-state index in [9.17, 15) is 15.3 Å². The lowest BCUT2D eigenvalue weighted by Gasteiger charge is -2.44. The Bertz CT molecular complexity index is 753. The highest BCUT2D eigenvalue weighted by Crippen LogP contribution is 2.59. The van der Waals surface area contributed by atoms with E-state index >= 15 is 0 Å². The van der Waals surface area contributed by atoms with Crippen LogP contribution >= 0.6 is 0 Å². The van der Waals surface area contributed by atoms with Crippen LogP contribution in [0.4, 0.5) is 0 Å². The highest BCUT2D eigenvalue weighted by atomic mass is 16.3. The maximum Gasteiger partial charge on any atom is 0.0811 e. The summed E-state index contributed by atoms with van der Waals surface area (Å²) in [6.45, 7) is 14.7. The number of hydrogen-bond donors (Lipinski definition) is 3. The van der Waals surface area contributed by atoms with E-state index in [-0.39, 0.29) is 5.92 Å². The van der Waals surface area contributed by atoms with Gasteiger partial charge in [-0.3, -0.25) is 0 Å². The first-order valence-electron chi connectivity index (χ1n) is 12.3. The molecule has 0 aromatic rings. The molecular formula is C28H44O3. The van der Waals surface area contributed by atoms with Crippen molar-refractivity contribution in [1.82, 2.24) is 0 Å². The lowest BCUT2D eigenvalue weighted by Crippen LogP contribution is -2.35. The summed E-state index contributed by atoms with van der Waals surface area (Å²) in [4.78, 5) is 0. The van der Waals surface area contributed by atoms with Gasteiger partial charge < -0.3 is 15.3 Å². The number of fused-ring (bicyclic) bond motifs is 1. The number of allylic oxidation sites excluding steroid dienone is 4. The zero-order valence-electron chi connectivity index (χ0n) is 20.3. The molecule has 0 aromatic carbocycles. The first kappa shape index (κ1) is 24.5. The van der Waals surface area contributed by atoms with E-state index in [1.807, 2.05) is 13.8 Å². The van der Waals surface area contributed by atoms with Crippen molar-refractivity contribution in [3.05, 3.63) is 47.6 Å². The van der Waals surface area contributed by atoms with Crippen LogP contribution in [0, 0.1) is 29.1 Å². The van der Waals surface area contributed by atoms with Gasteiger partial charge in [-0.15, -0.1) is 0 Å². The van der Waals surface area contributed by atoms with Crippen molar-refractivity contribution in [3.8, 4) is 0 Å². The zero-order valence-corrected chi connectivity index (χ0v) is 20.3. The van der Waals surface area contributed by atoms with Crippen LogP contribution in [0.3, 0.4) is 0 Å². The fourth-order valence-electron chi connectivity index (χ4n) is 6.32. The summed E-state index contributed by atoms with van der Waals surface area (Å²) in [7, 11) is 0. The predicted octanol–water partition coefficient (Wildman–Crippen LogP) is 5.73. The van der Waals surface area contributed by atoms with Crippen molar-refractivity contribution in [2.45, 2.75) is 97.4 Å². The molecule has 0 aromatic heterocycles. The first-order valence-corrected chi connectivity index (χ1v) is 12.3. The minimum absolute atomic E-state index is 0.141. The quantitative estimate of drug-likeness (QED) is 0.490. The van der Waals surface area contributed by atoms with Gasteiger partial charge in [-0.1, -0.05) is 57.2 Å². The van der Waals surface area contributed by atoms with Crippen molar-refractivity contribution < 1.29 is 15.3 Å². The maximum atomic E-state index is 10.3. The Morgan fingerprint density at radius 2 is 1.84 bits per heavy atom. The fourth-order valence-corrected chi connectivity index (χ4v) is 6.32. The Morgan fingerprint density at radius 3 is 2.52 bits per heavy atom. The minimum atomic E-state index is -0.684. The molecule has 3 rings (SSSR count). The Balaban J connectivity index is 1.76. The molecule has 0 heterocycles. The lowest BCUT2D eigenvalue weighted by atomic mass is 9.61. The molecule has 3 N–H and O–H groups in total. The van der Waals surface area contributed by atoms with Gasteiger partial charge in [-0.05, 0) is 86.7 Å². The molecule has 31 heavy (non-hydrogen) atoms. The normalized spacial score (nSPS) is 39.3. The van der Waals surface area contributed by atoms with Crippen LogP contribution in [0.15, 0.2) is 47.6 Å². The lowest BCUT2D eigenvalue weighted by molar-refractivity contribution is 0.0436. The summed E-state index contributed by atoms with van der Waals surface area (Å²) < 4.78 is 0. The highest BCUT2D eigenvalue weighted by molar-refractivity contribution is 5.38. The molecule has 174 valence electrons. The van der Waals surface area contributed by atoms with Crippen LogP contribution in [0.2, 0.25) is 0 Å². The van der Waals surface area contributed by atoms with Gasteiger partial charge in [-0.2, -0.15) is 0 Å². The van der Waals surface area contributed by atoms with Gasteiger partial charge in [0.2, 0.25) is 0 Å². The van der Waals surface area contributed by atoms with Crippen molar-refractivity contribution in [3.63, 3.8) is 0 Å². The number of aliphatic hydroxyl groups excluding tert-OH is 2. The second kappa shape index (κ2) is 9.37. The van der Waals surface area contributed by atoms with E-state index in [4.69, 9.17) is 0 Å². The molecule has 0 spiro atoms. The average molecular weight is 429 g/mol. The third-order valence-electron chi connectivity index (χ3n) is 8.75. The first-order chi connectivity index (χ1) is 14.4. The predicted molar refractivity (Wildman–Crippen MR) is 128 cm³/mol. The van der Waals surface area contributed by atoms with E-state index in [0.717, 1.165) is 17.6 Å². The minimum Gasteiger partial charge on any atom is -0.393 e. The molecule has 0 saturated heterocycles. The van der Waals surface area contributed by atoms with Gasteiger partial charge in [-0.25, -0.2) is 0 Å². The number of aliphatic hydroxyl groups is 3. The Kier molecular flexibility index (Phi) is 7.40. The standard InChI is InChI=1S/C28H44O3/c1-18(9-10-19(2)27(4,5)31)24-13-14-25-21(8-7-15-28(24,25)6)11-12-22-16-23(29)17-26(30)20(22)3/h9-12,18-19,23-26,29-31H,3,7-8,13-17H2,1-2,4-6H3/b10-9+,21-11+,22-12-/t18-,19+,23-,24-,25+,26+,28-/m0/s1. The van der Waals surface area contributed by atoms with E-state index in [0.29, 0.717) is 36.0 Å². The molecule has 3 heteroatoms. The van der Waals surface area contributed by atoms with E-state index in [2.05, 4.69) is 51.7 Å². The fraction of sp³-hybridized carbons (Fsp3) is 0.714. The van der Waals surface area contributed by atoms with Crippen LogP contribution in [-0.2, 0) is 0 Å². The van der Waals surface area contributed by atoms with Crippen LogP contribution < -0.4 is 0 Å². The van der Waals surface area contributed by atoms with E-state index in [1.54, 1.807) is 0 Å². The summed E-state index contributed by atoms with van der Waals surface area (Å²) in [5.41, 5.74) is 2.93. The second-order valence-corrected chi connectivity index (χ2v) is 11.4. The molecule has 7 atom stereocenters. The van der Waals surface area contributed by atoms with Crippen LogP contribution in [-0.4, -0.2) is 33.1 Å².